The van der Waals surface area contributed by atoms with Crippen LogP contribution in [0.3, 0.4) is 0 Å². The average molecular weight is 300 g/mol. The van der Waals surface area contributed by atoms with Gasteiger partial charge in [0.2, 0.25) is 15.9 Å². The summed E-state index contributed by atoms with van der Waals surface area (Å²) in [5.41, 5.74) is 0. The van der Waals surface area contributed by atoms with Gasteiger partial charge in [-0.05, 0) is 26.1 Å². The molecule has 0 radical (unpaired) electrons. The van der Waals surface area contributed by atoms with E-state index < -0.39 is 10.0 Å². The molecular formula is C12H20N4O3S. The number of hydrogen-bond donors (Lipinski definition) is 2. The molecule has 1 aromatic rings. The smallest absolute Gasteiger partial charge is 0.244 e. The lowest BCUT2D eigenvalue weighted by atomic mass is 10.3. The molecule has 0 spiro atoms. The van der Waals surface area contributed by atoms with Crippen LogP contribution in [0.25, 0.3) is 0 Å². The van der Waals surface area contributed by atoms with E-state index in [1.54, 1.807) is 7.05 Å². The summed E-state index contributed by atoms with van der Waals surface area (Å²) in [5, 5.41) is 5.64. The lowest BCUT2D eigenvalue weighted by Crippen LogP contribution is -2.42. The molecular weight excluding hydrogens is 280 g/mol. The number of hydrogen-bond acceptors (Lipinski definition) is 5. The fourth-order valence-corrected chi connectivity index (χ4v) is 2.48. The van der Waals surface area contributed by atoms with E-state index in [0.717, 1.165) is 4.31 Å². The molecule has 1 rings (SSSR count). The highest BCUT2D eigenvalue weighted by Gasteiger charge is 2.22. The summed E-state index contributed by atoms with van der Waals surface area (Å²) in [4.78, 5) is 15.5. The van der Waals surface area contributed by atoms with E-state index in [9.17, 15) is 13.2 Å². The molecule has 8 heteroatoms. The number of rotatable bonds is 7. The molecule has 0 aromatic carbocycles. The number of carbonyl (C=O) groups excluding carboxylic acids is 1. The zero-order chi connectivity index (χ0) is 15.2. The normalized spacial score (nSPS) is 13.2. The first-order valence-corrected chi connectivity index (χ1v) is 7.62. The van der Waals surface area contributed by atoms with Crippen molar-refractivity contribution in [2.45, 2.75) is 17.9 Å². The Labute approximate surface area is 119 Å². The Balaban J connectivity index is 2.62. The van der Waals surface area contributed by atoms with Crippen LogP contribution in [-0.4, -0.2) is 56.8 Å². The molecule has 0 saturated heterocycles. The minimum Gasteiger partial charge on any atom is -0.353 e. The standard InChI is InChI=1S/C12H20N4O3S/c1-10(13-2)7-15-12(17)9-16(3)20(18,19)11-5-4-6-14-8-11/h4-6,8,10,13H,7,9H2,1-3H3,(H,15,17). The SMILES string of the molecule is CNC(C)CNC(=O)CN(C)S(=O)(=O)c1cccnc1. The first kappa shape index (κ1) is 16.5. The Morgan fingerprint density at radius 2 is 2.20 bits per heavy atom. The summed E-state index contributed by atoms with van der Waals surface area (Å²) in [6, 6.07) is 3.11. The molecule has 1 aromatic heterocycles. The zero-order valence-corrected chi connectivity index (χ0v) is 12.6. The Morgan fingerprint density at radius 1 is 1.50 bits per heavy atom. The van der Waals surface area contributed by atoms with Gasteiger partial charge in [0.15, 0.2) is 0 Å². The van der Waals surface area contributed by atoms with Crippen molar-refractivity contribution in [3.05, 3.63) is 24.5 Å². The lowest BCUT2D eigenvalue weighted by Gasteiger charge is -2.17. The Kier molecular flexibility index (Phi) is 6.05. The molecule has 0 aliphatic heterocycles. The molecule has 2 N–H and O–H groups in total. The molecule has 0 aliphatic rings. The second-order valence-electron chi connectivity index (χ2n) is 4.44. The van der Waals surface area contributed by atoms with Crippen molar-refractivity contribution in [1.82, 2.24) is 19.9 Å². The molecule has 0 bridgehead atoms. The van der Waals surface area contributed by atoms with Crippen LogP contribution >= 0.6 is 0 Å². The highest BCUT2D eigenvalue weighted by molar-refractivity contribution is 7.89. The fourth-order valence-electron chi connectivity index (χ4n) is 1.39. The van der Waals surface area contributed by atoms with E-state index in [2.05, 4.69) is 15.6 Å². The van der Waals surface area contributed by atoms with Crippen LogP contribution in [0.4, 0.5) is 0 Å². The molecule has 7 nitrogen and oxygen atoms in total. The summed E-state index contributed by atoms with van der Waals surface area (Å²) in [5.74, 6) is -0.345. The second kappa shape index (κ2) is 7.32. The van der Waals surface area contributed by atoms with Crippen molar-refractivity contribution in [2.75, 3.05) is 27.2 Å². The van der Waals surface area contributed by atoms with Crippen molar-refractivity contribution in [3.63, 3.8) is 0 Å². The van der Waals surface area contributed by atoms with E-state index in [1.807, 2.05) is 6.92 Å². The van der Waals surface area contributed by atoms with Gasteiger partial charge in [-0.15, -0.1) is 0 Å². The van der Waals surface area contributed by atoms with Crippen molar-refractivity contribution in [2.24, 2.45) is 0 Å². The molecule has 112 valence electrons. The third-order valence-electron chi connectivity index (χ3n) is 2.81. The molecule has 1 amide bonds. The third-order valence-corrected chi connectivity index (χ3v) is 4.59. The summed E-state index contributed by atoms with van der Waals surface area (Å²) in [6.45, 7) is 2.13. The van der Waals surface area contributed by atoms with Crippen molar-refractivity contribution in [1.29, 1.82) is 0 Å². The number of carbonyl (C=O) groups is 1. The van der Waals surface area contributed by atoms with Gasteiger partial charge in [-0.2, -0.15) is 4.31 Å². The largest absolute Gasteiger partial charge is 0.353 e. The van der Waals surface area contributed by atoms with Gasteiger partial charge in [0, 0.05) is 32.0 Å². The number of pyridine rings is 1. The molecule has 0 fully saturated rings. The molecule has 1 atom stereocenters. The maximum atomic E-state index is 12.2. The summed E-state index contributed by atoms with van der Waals surface area (Å²) in [7, 11) is -0.532. The fraction of sp³-hybridized carbons (Fsp3) is 0.500. The predicted octanol–water partition coefficient (Wildman–Crippen LogP) is -0.574. The number of nitrogens with zero attached hydrogens (tertiary/aromatic N) is 2. The molecule has 1 heterocycles. The van der Waals surface area contributed by atoms with Gasteiger partial charge >= 0.3 is 0 Å². The summed E-state index contributed by atoms with van der Waals surface area (Å²) < 4.78 is 25.3. The van der Waals surface area contributed by atoms with Crippen molar-refractivity contribution in [3.8, 4) is 0 Å². The molecule has 1 unspecified atom stereocenters. The van der Waals surface area contributed by atoms with Gasteiger partial charge < -0.3 is 10.6 Å². The first-order chi connectivity index (χ1) is 9.37. The maximum absolute atomic E-state index is 12.2. The monoisotopic (exact) mass is 300 g/mol. The number of nitrogens with one attached hydrogen (secondary N) is 2. The van der Waals surface area contributed by atoms with Crippen molar-refractivity contribution >= 4 is 15.9 Å². The Morgan fingerprint density at radius 3 is 2.75 bits per heavy atom. The summed E-state index contributed by atoms with van der Waals surface area (Å²) >= 11 is 0. The van der Waals surface area contributed by atoms with Gasteiger partial charge in [0.05, 0.1) is 6.54 Å². The minimum absolute atomic E-state index is 0.0684. The van der Waals surface area contributed by atoms with Crippen LogP contribution in [0.15, 0.2) is 29.4 Å². The minimum atomic E-state index is -3.68. The van der Waals surface area contributed by atoms with E-state index in [0.29, 0.717) is 6.54 Å². The number of sulfonamides is 1. The van der Waals surface area contributed by atoms with E-state index in [1.165, 1.54) is 31.6 Å². The molecule has 0 aliphatic carbocycles. The Bertz CT molecular complexity index is 533. The maximum Gasteiger partial charge on any atom is 0.244 e. The summed E-state index contributed by atoms with van der Waals surface area (Å²) in [6.07, 6.45) is 2.75. The van der Waals surface area contributed by atoms with Gasteiger partial charge in [-0.1, -0.05) is 0 Å². The topological polar surface area (TPSA) is 91.4 Å². The first-order valence-electron chi connectivity index (χ1n) is 6.18. The highest BCUT2D eigenvalue weighted by Crippen LogP contribution is 2.11. The van der Waals surface area contributed by atoms with Crippen LogP contribution in [0, 0.1) is 0 Å². The van der Waals surface area contributed by atoms with Gasteiger partial charge in [-0.25, -0.2) is 8.42 Å². The van der Waals surface area contributed by atoms with E-state index >= 15 is 0 Å². The van der Waals surface area contributed by atoms with Crippen LogP contribution < -0.4 is 10.6 Å². The van der Waals surface area contributed by atoms with Crippen LogP contribution in [0.1, 0.15) is 6.92 Å². The Hall–Kier alpha value is -1.51. The molecule has 0 saturated carbocycles. The van der Waals surface area contributed by atoms with Crippen molar-refractivity contribution < 1.29 is 13.2 Å². The van der Waals surface area contributed by atoms with E-state index in [4.69, 9.17) is 0 Å². The number of likely N-dealkylation sites (N-methyl/N-ethyl adjacent to an activating group) is 2. The van der Waals surface area contributed by atoms with Crippen LogP contribution in [0.5, 0.6) is 0 Å². The predicted molar refractivity (Wildman–Crippen MR) is 75.6 cm³/mol. The third kappa shape index (κ3) is 4.55. The van der Waals surface area contributed by atoms with Gasteiger partial charge in [0.25, 0.3) is 0 Å². The second-order valence-corrected chi connectivity index (χ2v) is 6.49. The number of amides is 1. The molecule has 20 heavy (non-hydrogen) atoms. The van der Waals surface area contributed by atoms with E-state index in [-0.39, 0.29) is 23.4 Å². The number of aromatic nitrogens is 1. The lowest BCUT2D eigenvalue weighted by molar-refractivity contribution is -0.121. The van der Waals surface area contributed by atoms with Crippen LogP contribution in [-0.2, 0) is 14.8 Å². The highest BCUT2D eigenvalue weighted by atomic mass is 32.2. The van der Waals surface area contributed by atoms with Gasteiger partial charge in [-0.3, -0.25) is 9.78 Å². The van der Waals surface area contributed by atoms with Gasteiger partial charge in [0.1, 0.15) is 4.90 Å². The quantitative estimate of drug-likeness (QED) is 0.703. The van der Waals surface area contributed by atoms with Crippen LogP contribution in [0.2, 0.25) is 0 Å². The average Bonchev–Trinajstić information content (AvgIpc) is 2.45. The zero-order valence-electron chi connectivity index (χ0n) is 11.8.